The lowest BCUT2D eigenvalue weighted by Gasteiger charge is -2.11. The summed E-state index contributed by atoms with van der Waals surface area (Å²) in [6.45, 7) is 0.242. The number of nitrogens with one attached hydrogen (secondary N) is 1. The molecule has 0 heterocycles. The van der Waals surface area contributed by atoms with Gasteiger partial charge in [-0.25, -0.2) is 12.8 Å². The Kier molecular flexibility index (Phi) is 7.15. The standard InChI is InChI=1S/C23H22FNO5S/c1-28-21-10-8-20(9-11-21)25-31(26,27)14-13-17-5-12-22(23(15-17)29-2)30-16-18-3-6-19(24)7-4-18/h3-15,25H,16H2,1-2H3/b14-13-. The van der Waals surface area contributed by atoms with Crippen molar-refractivity contribution in [2.24, 2.45) is 0 Å². The van der Waals surface area contributed by atoms with Gasteiger partial charge in [-0.1, -0.05) is 18.2 Å². The Morgan fingerprint density at radius 3 is 2.26 bits per heavy atom. The summed E-state index contributed by atoms with van der Waals surface area (Å²) in [6, 6.07) is 17.6. The van der Waals surface area contributed by atoms with Gasteiger partial charge in [-0.05, 0) is 65.7 Å². The summed E-state index contributed by atoms with van der Waals surface area (Å²) in [5.41, 5.74) is 1.85. The van der Waals surface area contributed by atoms with Crippen molar-refractivity contribution in [3.05, 3.63) is 89.1 Å². The van der Waals surface area contributed by atoms with Crippen molar-refractivity contribution in [2.45, 2.75) is 6.61 Å². The Bertz CT molecular complexity index is 1140. The third-order valence-corrected chi connectivity index (χ3v) is 5.30. The quantitative estimate of drug-likeness (QED) is 0.513. The molecule has 3 aromatic rings. The highest BCUT2D eigenvalue weighted by Gasteiger charge is 2.08. The molecule has 0 spiro atoms. The van der Waals surface area contributed by atoms with Crippen LogP contribution >= 0.6 is 0 Å². The summed E-state index contributed by atoms with van der Waals surface area (Å²) in [7, 11) is -0.673. The molecule has 0 saturated carbocycles. The minimum absolute atomic E-state index is 0.242. The molecule has 31 heavy (non-hydrogen) atoms. The van der Waals surface area contributed by atoms with Crippen molar-refractivity contribution in [3.63, 3.8) is 0 Å². The van der Waals surface area contributed by atoms with Crippen LogP contribution in [-0.4, -0.2) is 22.6 Å². The smallest absolute Gasteiger partial charge is 0.255 e. The molecule has 0 amide bonds. The minimum Gasteiger partial charge on any atom is -0.497 e. The number of halogens is 1. The van der Waals surface area contributed by atoms with E-state index in [0.29, 0.717) is 28.5 Å². The first kappa shape index (κ1) is 22.2. The monoisotopic (exact) mass is 443 g/mol. The van der Waals surface area contributed by atoms with Gasteiger partial charge in [0, 0.05) is 5.69 Å². The van der Waals surface area contributed by atoms with Crippen LogP contribution in [0.3, 0.4) is 0 Å². The maximum atomic E-state index is 13.0. The molecule has 0 aliphatic heterocycles. The first-order valence-electron chi connectivity index (χ1n) is 9.29. The van der Waals surface area contributed by atoms with Gasteiger partial charge in [0.25, 0.3) is 10.0 Å². The average Bonchev–Trinajstić information content (AvgIpc) is 2.78. The first-order valence-corrected chi connectivity index (χ1v) is 10.8. The van der Waals surface area contributed by atoms with Gasteiger partial charge in [-0.2, -0.15) is 0 Å². The highest BCUT2D eigenvalue weighted by Crippen LogP contribution is 2.29. The van der Waals surface area contributed by atoms with Crippen LogP contribution in [0.15, 0.2) is 72.1 Å². The summed E-state index contributed by atoms with van der Waals surface area (Å²) in [6.07, 6.45) is 1.46. The van der Waals surface area contributed by atoms with E-state index in [1.165, 1.54) is 32.4 Å². The molecule has 0 saturated heterocycles. The fraction of sp³-hybridized carbons (Fsp3) is 0.130. The maximum absolute atomic E-state index is 13.0. The predicted octanol–water partition coefficient (Wildman–Crippen LogP) is 4.83. The molecule has 3 aromatic carbocycles. The van der Waals surface area contributed by atoms with Gasteiger partial charge in [0.05, 0.1) is 19.6 Å². The third-order valence-electron chi connectivity index (χ3n) is 4.29. The van der Waals surface area contributed by atoms with Crippen LogP contribution in [0.1, 0.15) is 11.1 Å². The van der Waals surface area contributed by atoms with E-state index in [1.807, 2.05) is 0 Å². The minimum atomic E-state index is -3.71. The Labute approximate surface area is 180 Å². The lowest BCUT2D eigenvalue weighted by Crippen LogP contribution is -2.08. The van der Waals surface area contributed by atoms with Crippen LogP contribution in [0, 0.1) is 5.82 Å². The van der Waals surface area contributed by atoms with Gasteiger partial charge in [-0.15, -0.1) is 0 Å². The molecule has 0 atom stereocenters. The highest BCUT2D eigenvalue weighted by atomic mass is 32.2. The largest absolute Gasteiger partial charge is 0.497 e. The molecule has 0 aliphatic rings. The van der Waals surface area contributed by atoms with E-state index in [1.54, 1.807) is 54.6 Å². The van der Waals surface area contributed by atoms with Crippen LogP contribution < -0.4 is 18.9 Å². The molecule has 3 rings (SSSR count). The maximum Gasteiger partial charge on any atom is 0.255 e. The zero-order valence-corrected chi connectivity index (χ0v) is 17.9. The van der Waals surface area contributed by atoms with Crippen molar-refractivity contribution in [3.8, 4) is 17.2 Å². The van der Waals surface area contributed by atoms with E-state index >= 15 is 0 Å². The van der Waals surface area contributed by atoms with Crippen LogP contribution in [0.25, 0.3) is 6.08 Å². The molecular formula is C23H22FNO5S. The lowest BCUT2D eigenvalue weighted by atomic mass is 10.2. The van der Waals surface area contributed by atoms with Crippen molar-refractivity contribution >= 4 is 21.8 Å². The number of benzene rings is 3. The second-order valence-electron chi connectivity index (χ2n) is 6.50. The van der Waals surface area contributed by atoms with E-state index in [-0.39, 0.29) is 12.4 Å². The summed E-state index contributed by atoms with van der Waals surface area (Å²) >= 11 is 0. The molecule has 0 radical (unpaired) electrons. The lowest BCUT2D eigenvalue weighted by molar-refractivity contribution is 0.284. The number of ether oxygens (including phenoxy) is 3. The fourth-order valence-electron chi connectivity index (χ4n) is 2.67. The Morgan fingerprint density at radius 2 is 1.61 bits per heavy atom. The number of hydrogen-bond donors (Lipinski definition) is 1. The van der Waals surface area contributed by atoms with E-state index < -0.39 is 10.0 Å². The second kappa shape index (κ2) is 9.99. The Hall–Kier alpha value is -3.52. The summed E-state index contributed by atoms with van der Waals surface area (Å²) in [4.78, 5) is 0. The molecule has 0 aliphatic carbocycles. The molecule has 0 aromatic heterocycles. The average molecular weight is 443 g/mol. The number of anilines is 1. The van der Waals surface area contributed by atoms with Crippen LogP contribution in [0.4, 0.5) is 10.1 Å². The molecule has 162 valence electrons. The summed E-state index contributed by atoms with van der Waals surface area (Å²) in [5, 5.41) is 1.07. The number of hydrogen-bond acceptors (Lipinski definition) is 5. The molecule has 0 bridgehead atoms. The van der Waals surface area contributed by atoms with Gasteiger partial charge < -0.3 is 14.2 Å². The molecule has 8 heteroatoms. The van der Waals surface area contributed by atoms with E-state index in [0.717, 1.165) is 11.0 Å². The summed E-state index contributed by atoms with van der Waals surface area (Å²) in [5.74, 6) is 1.26. The van der Waals surface area contributed by atoms with Gasteiger partial charge >= 0.3 is 0 Å². The Balaban J connectivity index is 1.67. The third kappa shape index (κ3) is 6.48. The van der Waals surface area contributed by atoms with Crippen molar-refractivity contribution < 1.29 is 27.0 Å². The summed E-state index contributed by atoms with van der Waals surface area (Å²) < 4.78 is 56.3. The predicted molar refractivity (Wildman–Crippen MR) is 118 cm³/mol. The molecule has 1 N–H and O–H groups in total. The van der Waals surface area contributed by atoms with Crippen molar-refractivity contribution in [1.29, 1.82) is 0 Å². The van der Waals surface area contributed by atoms with Gasteiger partial charge in [0.1, 0.15) is 18.2 Å². The normalized spacial score (nSPS) is 11.3. The van der Waals surface area contributed by atoms with Crippen LogP contribution in [0.2, 0.25) is 0 Å². The number of rotatable bonds is 9. The van der Waals surface area contributed by atoms with E-state index in [9.17, 15) is 12.8 Å². The van der Waals surface area contributed by atoms with E-state index in [4.69, 9.17) is 14.2 Å². The highest BCUT2D eigenvalue weighted by molar-refractivity contribution is 7.95. The van der Waals surface area contributed by atoms with Crippen molar-refractivity contribution in [2.75, 3.05) is 18.9 Å². The van der Waals surface area contributed by atoms with Crippen molar-refractivity contribution in [1.82, 2.24) is 0 Å². The van der Waals surface area contributed by atoms with Gasteiger partial charge in [0.15, 0.2) is 11.5 Å². The number of sulfonamides is 1. The second-order valence-corrected chi connectivity index (χ2v) is 8.07. The van der Waals surface area contributed by atoms with Crippen LogP contribution in [-0.2, 0) is 16.6 Å². The first-order chi connectivity index (χ1) is 14.9. The van der Waals surface area contributed by atoms with Crippen LogP contribution in [0.5, 0.6) is 17.2 Å². The molecule has 6 nitrogen and oxygen atoms in total. The molecule has 0 unspecified atom stereocenters. The Morgan fingerprint density at radius 1 is 0.903 bits per heavy atom. The fourth-order valence-corrected chi connectivity index (χ4v) is 3.54. The van der Waals surface area contributed by atoms with E-state index in [2.05, 4.69) is 4.72 Å². The number of methoxy groups -OCH3 is 2. The molecule has 0 fully saturated rings. The molecular weight excluding hydrogens is 421 g/mol. The zero-order valence-electron chi connectivity index (χ0n) is 17.0. The van der Waals surface area contributed by atoms with Gasteiger partial charge in [0.2, 0.25) is 0 Å². The SMILES string of the molecule is COc1ccc(NS(=O)(=O)/C=C\c2ccc(OCc3ccc(F)cc3)c(OC)c2)cc1. The van der Waals surface area contributed by atoms with Gasteiger partial charge in [-0.3, -0.25) is 4.72 Å². The topological polar surface area (TPSA) is 73.9 Å². The zero-order chi connectivity index (χ0) is 22.3.